The minimum atomic E-state index is -0.279. The van der Waals surface area contributed by atoms with Gasteiger partial charge in [-0.25, -0.2) is 4.39 Å². The van der Waals surface area contributed by atoms with Crippen LogP contribution in [0.4, 0.5) is 10.1 Å². The van der Waals surface area contributed by atoms with Gasteiger partial charge in [0.1, 0.15) is 5.82 Å². The van der Waals surface area contributed by atoms with Crippen molar-refractivity contribution >= 4 is 33.2 Å². The van der Waals surface area contributed by atoms with E-state index in [1.165, 1.54) is 12.1 Å². The number of benzene rings is 2. The molecule has 0 radical (unpaired) electrons. The second-order valence-electron chi connectivity index (χ2n) is 4.72. The Labute approximate surface area is 135 Å². The van der Waals surface area contributed by atoms with E-state index in [1.807, 2.05) is 6.92 Å². The summed E-state index contributed by atoms with van der Waals surface area (Å²) in [6.45, 7) is 2.17. The molecule has 0 saturated carbocycles. The molecule has 0 spiro atoms. The zero-order chi connectivity index (χ0) is 15.0. The van der Waals surface area contributed by atoms with Crippen LogP contribution < -0.4 is 14.8 Å². The van der Waals surface area contributed by atoms with E-state index in [4.69, 9.17) is 21.1 Å². The van der Waals surface area contributed by atoms with Gasteiger partial charge in [0.15, 0.2) is 11.5 Å². The first-order valence-electron chi connectivity index (χ1n) is 6.35. The SMILES string of the molecule is CC(Nc1cc2c(cc1Cl)OCO2)c1ccc(F)cc1Br. The molecule has 1 aliphatic rings. The molecule has 3 rings (SSSR count). The number of halogens is 3. The molecule has 6 heteroatoms. The van der Waals surface area contributed by atoms with E-state index in [0.717, 1.165) is 11.3 Å². The molecule has 1 unspecified atom stereocenters. The lowest BCUT2D eigenvalue weighted by Crippen LogP contribution is -2.08. The second kappa shape index (κ2) is 5.73. The molecular formula is C15H12BrClFNO2. The van der Waals surface area contributed by atoms with Crippen LogP contribution in [0.25, 0.3) is 0 Å². The number of ether oxygens (including phenoxy) is 2. The molecule has 0 amide bonds. The molecule has 3 nitrogen and oxygen atoms in total. The van der Waals surface area contributed by atoms with E-state index in [0.29, 0.717) is 21.0 Å². The topological polar surface area (TPSA) is 30.5 Å². The van der Waals surface area contributed by atoms with Crippen molar-refractivity contribution in [2.75, 3.05) is 12.1 Å². The van der Waals surface area contributed by atoms with Crippen LogP contribution in [0.15, 0.2) is 34.8 Å². The van der Waals surface area contributed by atoms with Gasteiger partial charge in [-0.3, -0.25) is 0 Å². The standard InChI is InChI=1S/C15H12BrClFNO2/c1-8(10-3-2-9(18)4-11(10)16)19-13-6-15-14(5-12(13)17)20-7-21-15/h2-6,8,19H,7H2,1H3. The summed E-state index contributed by atoms with van der Waals surface area (Å²) in [6.07, 6.45) is 0. The quantitative estimate of drug-likeness (QED) is 0.809. The number of rotatable bonds is 3. The van der Waals surface area contributed by atoms with E-state index < -0.39 is 0 Å². The van der Waals surface area contributed by atoms with Gasteiger partial charge in [0, 0.05) is 22.6 Å². The summed E-state index contributed by atoms with van der Waals surface area (Å²) in [7, 11) is 0. The Hall–Kier alpha value is -1.46. The largest absolute Gasteiger partial charge is 0.454 e. The number of hydrogen-bond acceptors (Lipinski definition) is 3. The lowest BCUT2D eigenvalue weighted by atomic mass is 10.1. The van der Waals surface area contributed by atoms with Crippen molar-refractivity contribution in [3.63, 3.8) is 0 Å². The Balaban J connectivity index is 1.86. The highest BCUT2D eigenvalue weighted by atomic mass is 79.9. The minimum absolute atomic E-state index is 0.0575. The van der Waals surface area contributed by atoms with Crippen LogP contribution >= 0.6 is 27.5 Å². The predicted molar refractivity (Wildman–Crippen MR) is 83.7 cm³/mol. The molecule has 0 bridgehead atoms. The van der Waals surface area contributed by atoms with Crippen LogP contribution in [0.5, 0.6) is 11.5 Å². The molecule has 0 aliphatic carbocycles. The van der Waals surface area contributed by atoms with Crippen molar-refractivity contribution in [2.45, 2.75) is 13.0 Å². The first-order valence-corrected chi connectivity index (χ1v) is 7.52. The van der Waals surface area contributed by atoms with Gasteiger partial charge in [-0.2, -0.15) is 0 Å². The zero-order valence-electron chi connectivity index (χ0n) is 11.1. The maximum absolute atomic E-state index is 13.2. The maximum Gasteiger partial charge on any atom is 0.231 e. The van der Waals surface area contributed by atoms with Crippen molar-refractivity contribution in [3.05, 3.63) is 51.2 Å². The molecule has 1 aliphatic heterocycles. The Bertz CT molecular complexity index is 696. The zero-order valence-corrected chi connectivity index (χ0v) is 13.5. The highest BCUT2D eigenvalue weighted by molar-refractivity contribution is 9.10. The Morgan fingerprint density at radius 1 is 1.24 bits per heavy atom. The van der Waals surface area contributed by atoms with Crippen LogP contribution in [0.1, 0.15) is 18.5 Å². The molecule has 1 heterocycles. The fraction of sp³-hybridized carbons (Fsp3) is 0.200. The predicted octanol–water partition coefficient (Wildman–Crippen LogP) is 5.14. The van der Waals surface area contributed by atoms with E-state index in [-0.39, 0.29) is 18.7 Å². The van der Waals surface area contributed by atoms with Gasteiger partial charge in [-0.05, 0) is 24.6 Å². The fourth-order valence-electron chi connectivity index (χ4n) is 2.19. The molecule has 0 fully saturated rings. The lowest BCUT2D eigenvalue weighted by molar-refractivity contribution is 0.174. The van der Waals surface area contributed by atoms with Crippen molar-refractivity contribution in [1.82, 2.24) is 0 Å². The molecule has 1 atom stereocenters. The molecule has 2 aromatic rings. The van der Waals surface area contributed by atoms with Gasteiger partial charge >= 0.3 is 0 Å². The monoisotopic (exact) mass is 371 g/mol. The average Bonchev–Trinajstić information content (AvgIpc) is 2.86. The van der Waals surface area contributed by atoms with Crippen LogP contribution in [-0.2, 0) is 0 Å². The van der Waals surface area contributed by atoms with Crippen molar-refractivity contribution in [3.8, 4) is 11.5 Å². The number of hydrogen-bond donors (Lipinski definition) is 1. The van der Waals surface area contributed by atoms with Crippen LogP contribution in [0, 0.1) is 5.82 Å². The second-order valence-corrected chi connectivity index (χ2v) is 5.98. The molecule has 110 valence electrons. The summed E-state index contributed by atoms with van der Waals surface area (Å²) in [5.41, 5.74) is 1.68. The smallest absolute Gasteiger partial charge is 0.231 e. The highest BCUT2D eigenvalue weighted by Crippen LogP contribution is 2.40. The van der Waals surface area contributed by atoms with Crippen molar-refractivity contribution < 1.29 is 13.9 Å². The van der Waals surface area contributed by atoms with Gasteiger partial charge in [0.2, 0.25) is 6.79 Å². The van der Waals surface area contributed by atoms with Crippen LogP contribution in [0.2, 0.25) is 5.02 Å². The average molecular weight is 373 g/mol. The van der Waals surface area contributed by atoms with Crippen LogP contribution in [-0.4, -0.2) is 6.79 Å². The Morgan fingerprint density at radius 3 is 2.67 bits per heavy atom. The molecule has 0 saturated heterocycles. The third kappa shape index (κ3) is 2.94. The summed E-state index contributed by atoms with van der Waals surface area (Å²) in [4.78, 5) is 0. The number of nitrogens with one attached hydrogen (secondary N) is 1. The highest BCUT2D eigenvalue weighted by Gasteiger charge is 2.18. The third-order valence-electron chi connectivity index (χ3n) is 3.26. The lowest BCUT2D eigenvalue weighted by Gasteiger charge is -2.18. The van der Waals surface area contributed by atoms with E-state index in [9.17, 15) is 4.39 Å². The van der Waals surface area contributed by atoms with E-state index >= 15 is 0 Å². The summed E-state index contributed by atoms with van der Waals surface area (Å²) in [5.74, 6) is 1.02. The van der Waals surface area contributed by atoms with Gasteiger partial charge in [0.05, 0.1) is 10.7 Å². The Kier molecular flexibility index (Phi) is 3.95. The Morgan fingerprint density at radius 2 is 1.95 bits per heavy atom. The number of anilines is 1. The maximum atomic E-state index is 13.2. The molecule has 2 aromatic carbocycles. The third-order valence-corrected chi connectivity index (χ3v) is 4.26. The first kappa shape index (κ1) is 14.5. The van der Waals surface area contributed by atoms with E-state index in [1.54, 1.807) is 18.2 Å². The molecule has 0 aromatic heterocycles. The normalized spacial score (nSPS) is 14.1. The van der Waals surface area contributed by atoms with Gasteiger partial charge in [0.25, 0.3) is 0 Å². The molecular weight excluding hydrogens is 361 g/mol. The fourth-order valence-corrected chi connectivity index (χ4v) is 3.09. The van der Waals surface area contributed by atoms with Gasteiger partial charge < -0.3 is 14.8 Å². The summed E-state index contributed by atoms with van der Waals surface area (Å²) >= 11 is 9.61. The number of fused-ring (bicyclic) bond motifs is 1. The van der Waals surface area contributed by atoms with Crippen LogP contribution in [0.3, 0.4) is 0 Å². The van der Waals surface area contributed by atoms with E-state index in [2.05, 4.69) is 21.2 Å². The van der Waals surface area contributed by atoms with Crippen molar-refractivity contribution in [2.24, 2.45) is 0 Å². The van der Waals surface area contributed by atoms with Gasteiger partial charge in [-0.15, -0.1) is 0 Å². The summed E-state index contributed by atoms with van der Waals surface area (Å²) in [5, 5.41) is 3.84. The van der Waals surface area contributed by atoms with Gasteiger partial charge in [-0.1, -0.05) is 33.6 Å². The van der Waals surface area contributed by atoms with Crippen molar-refractivity contribution in [1.29, 1.82) is 0 Å². The first-order chi connectivity index (χ1) is 10.0. The summed E-state index contributed by atoms with van der Waals surface area (Å²) in [6, 6.07) is 8.07. The minimum Gasteiger partial charge on any atom is -0.454 e. The molecule has 1 N–H and O–H groups in total. The molecule has 21 heavy (non-hydrogen) atoms. The summed E-state index contributed by atoms with van der Waals surface area (Å²) < 4.78 is 24.5.